The van der Waals surface area contributed by atoms with Gasteiger partial charge in [0.2, 0.25) is 5.79 Å². The fourth-order valence-electron chi connectivity index (χ4n) is 7.19. The summed E-state index contributed by atoms with van der Waals surface area (Å²) >= 11 is 0. The van der Waals surface area contributed by atoms with Gasteiger partial charge in [-0.1, -0.05) is 103 Å². The first-order valence-corrected chi connectivity index (χ1v) is 19.4. The number of unbranched alkanes of at least 4 members (excludes halogenated alkanes) is 13. The highest BCUT2D eigenvalue weighted by Gasteiger charge is 2.40. The molecule has 2 rings (SSSR count). The molecule has 1 saturated heterocycles. The summed E-state index contributed by atoms with van der Waals surface area (Å²) < 4.78 is 16.4. The predicted octanol–water partition coefficient (Wildman–Crippen LogP) is 7.73. The zero-order chi connectivity index (χ0) is 35.4. The van der Waals surface area contributed by atoms with Crippen LogP contribution in [0.25, 0.3) is 0 Å². The van der Waals surface area contributed by atoms with Gasteiger partial charge < -0.3 is 34.6 Å². The van der Waals surface area contributed by atoms with Gasteiger partial charge >= 0.3 is 11.9 Å². The minimum Gasteiger partial charge on any atom is -0.462 e. The van der Waals surface area contributed by atoms with Crippen molar-refractivity contribution >= 4 is 11.9 Å². The van der Waals surface area contributed by atoms with Crippen LogP contribution in [0.1, 0.15) is 182 Å². The van der Waals surface area contributed by atoms with Gasteiger partial charge in [-0.3, -0.25) is 4.79 Å². The van der Waals surface area contributed by atoms with Crippen molar-refractivity contribution in [1.29, 1.82) is 0 Å². The second-order valence-electron chi connectivity index (χ2n) is 15.1. The highest BCUT2D eigenvalue weighted by atomic mass is 16.7. The molecule has 9 nitrogen and oxygen atoms in total. The Bertz CT molecular complexity index is 930. The third-order valence-corrected chi connectivity index (χ3v) is 10.1. The fourth-order valence-corrected chi connectivity index (χ4v) is 7.19. The van der Waals surface area contributed by atoms with E-state index in [1.54, 1.807) is 0 Å². The Morgan fingerprint density at radius 1 is 0.896 bits per heavy atom. The molecule has 2 heterocycles. The molecule has 0 aromatic carbocycles. The van der Waals surface area contributed by atoms with Crippen LogP contribution in [0, 0.1) is 0 Å². The summed E-state index contributed by atoms with van der Waals surface area (Å²) in [7, 11) is 0. The molecule has 2 aliphatic heterocycles. The third kappa shape index (κ3) is 17.9. The standard InChI is InChI=1S/C39H70O9/c1-5-6-7-8-9-10-11-12-13-14-18-24-34(42)35-25-26-36(47-35)38(3,44)27-20-19-22-32(41)21-16-15-17-23-33(46-30(2)40)28-31-29-39(4,45)48-37(31)43/h29,32-36,41-42,44-45H,5-28H2,1-4H3/t32-,33-,34-,35-,36-,38-,39?/m1/s1. The minimum absolute atomic E-state index is 0.191. The maximum absolute atomic E-state index is 12.0. The van der Waals surface area contributed by atoms with E-state index in [9.17, 15) is 30.0 Å². The molecule has 0 spiro atoms. The number of hydrogen-bond donors (Lipinski definition) is 4. The predicted molar refractivity (Wildman–Crippen MR) is 188 cm³/mol. The second kappa shape index (κ2) is 23.0. The molecule has 7 atom stereocenters. The molecule has 4 N–H and O–H groups in total. The fraction of sp³-hybridized carbons (Fsp3) is 0.897. The highest BCUT2D eigenvalue weighted by Crippen LogP contribution is 2.34. The van der Waals surface area contributed by atoms with Crippen molar-refractivity contribution in [1.82, 2.24) is 0 Å². The van der Waals surface area contributed by atoms with Crippen LogP contribution in [0.5, 0.6) is 0 Å². The minimum atomic E-state index is -1.62. The van der Waals surface area contributed by atoms with Crippen LogP contribution in [0.4, 0.5) is 0 Å². The molecule has 0 aliphatic carbocycles. The number of esters is 2. The van der Waals surface area contributed by atoms with Crippen molar-refractivity contribution in [2.24, 2.45) is 0 Å². The number of carbonyl (C=O) groups excluding carboxylic acids is 2. The van der Waals surface area contributed by atoms with E-state index in [1.807, 2.05) is 6.92 Å². The van der Waals surface area contributed by atoms with Crippen LogP contribution < -0.4 is 0 Å². The van der Waals surface area contributed by atoms with Crippen LogP contribution >= 0.6 is 0 Å². The summed E-state index contributed by atoms with van der Waals surface area (Å²) in [5.41, 5.74) is -0.637. The van der Waals surface area contributed by atoms with E-state index in [1.165, 1.54) is 77.7 Å². The number of ether oxygens (including phenoxy) is 3. The first kappa shape index (κ1) is 42.6. The van der Waals surface area contributed by atoms with E-state index in [0.717, 1.165) is 64.2 Å². The molecular weight excluding hydrogens is 612 g/mol. The molecule has 0 aromatic rings. The molecule has 0 amide bonds. The summed E-state index contributed by atoms with van der Waals surface area (Å²) in [6, 6.07) is 0. The van der Waals surface area contributed by atoms with Crippen molar-refractivity contribution in [2.45, 2.75) is 224 Å². The van der Waals surface area contributed by atoms with Crippen LogP contribution in [0.3, 0.4) is 0 Å². The number of aliphatic hydroxyl groups is 4. The van der Waals surface area contributed by atoms with E-state index < -0.39 is 41.6 Å². The van der Waals surface area contributed by atoms with E-state index in [2.05, 4.69) is 6.92 Å². The second-order valence-corrected chi connectivity index (χ2v) is 15.1. The summed E-state index contributed by atoms with van der Waals surface area (Å²) in [6.45, 7) is 6.82. The zero-order valence-corrected chi connectivity index (χ0v) is 30.8. The van der Waals surface area contributed by atoms with Gasteiger partial charge in [0.1, 0.15) is 6.10 Å². The SMILES string of the molecule is CCCCCCCCCCCCC[C@@H](O)[C@H]1CC[C@H]([C@](C)(O)CCCC[C@H](O)CCCCC[C@H](CC2=CC(C)(O)OC2=O)OC(C)=O)O1. The van der Waals surface area contributed by atoms with Gasteiger partial charge in [0.05, 0.1) is 30.0 Å². The van der Waals surface area contributed by atoms with Crippen molar-refractivity contribution in [3.05, 3.63) is 11.6 Å². The molecule has 0 radical (unpaired) electrons. The average molecular weight is 683 g/mol. The van der Waals surface area contributed by atoms with Crippen LogP contribution in [0.15, 0.2) is 11.6 Å². The molecule has 0 saturated carbocycles. The lowest BCUT2D eigenvalue weighted by atomic mass is 9.90. The van der Waals surface area contributed by atoms with Crippen molar-refractivity contribution in [2.75, 3.05) is 0 Å². The van der Waals surface area contributed by atoms with Gasteiger partial charge in [-0.15, -0.1) is 0 Å². The van der Waals surface area contributed by atoms with Gasteiger partial charge in [-0.2, -0.15) is 0 Å². The molecular formula is C39H70O9. The van der Waals surface area contributed by atoms with Gasteiger partial charge in [0.15, 0.2) is 0 Å². The van der Waals surface area contributed by atoms with Crippen molar-refractivity contribution < 1.29 is 44.2 Å². The van der Waals surface area contributed by atoms with Crippen LogP contribution in [0.2, 0.25) is 0 Å². The zero-order valence-electron chi connectivity index (χ0n) is 30.8. The molecule has 48 heavy (non-hydrogen) atoms. The Morgan fingerprint density at radius 3 is 2.02 bits per heavy atom. The number of cyclic esters (lactones) is 1. The molecule has 2 aliphatic rings. The van der Waals surface area contributed by atoms with Gasteiger partial charge in [-0.25, -0.2) is 4.79 Å². The maximum atomic E-state index is 12.0. The highest BCUT2D eigenvalue weighted by molar-refractivity contribution is 5.91. The van der Waals surface area contributed by atoms with E-state index in [-0.39, 0.29) is 18.6 Å². The topological polar surface area (TPSA) is 143 Å². The lowest BCUT2D eigenvalue weighted by Gasteiger charge is -2.31. The van der Waals surface area contributed by atoms with E-state index >= 15 is 0 Å². The van der Waals surface area contributed by atoms with Crippen molar-refractivity contribution in [3.63, 3.8) is 0 Å². The Labute approximate surface area is 291 Å². The summed E-state index contributed by atoms with van der Waals surface area (Å²) in [5.74, 6) is -2.63. The Hall–Kier alpha value is -1.52. The van der Waals surface area contributed by atoms with Gasteiger partial charge in [-0.05, 0) is 64.4 Å². The first-order valence-electron chi connectivity index (χ1n) is 19.4. The number of hydrogen-bond acceptors (Lipinski definition) is 9. The Balaban J connectivity index is 1.52. The van der Waals surface area contributed by atoms with Gasteiger partial charge in [0.25, 0.3) is 0 Å². The average Bonchev–Trinajstić information content (AvgIpc) is 3.62. The largest absolute Gasteiger partial charge is 0.462 e. The number of carbonyl (C=O) groups is 2. The summed E-state index contributed by atoms with van der Waals surface area (Å²) in [5, 5.41) is 42.3. The molecule has 0 aromatic heterocycles. The quantitative estimate of drug-likeness (QED) is 0.0482. The molecule has 1 fully saturated rings. The lowest BCUT2D eigenvalue weighted by molar-refractivity contribution is -0.173. The normalized spacial score (nSPS) is 24.2. The van der Waals surface area contributed by atoms with Crippen LogP contribution in [-0.4, -0.2) is 74.3 Å². The molecule has 9 heteroatoms. The van der Waals surface area contributed by atoms with Crippen molar-refractivity contribution in [3.8, 4) is 0 Å². The Morgan fingerprint density at radius 2 is 1.44 bits per heavy atom. The number of aliphatic hydroxyl groups excluding tert-OH is 2. The lowest BCUT2D eigenvalue weighted by Crippen LogP contribution is -2.40. The van der Waals surface area contributed by atoms with Gasteiger partial charge in [0, 0.05) is 25.8 Å². The summed E-state index contributed by atoms with van der Waals surface area (Å²) in [4.78, 5) is 23.5. The van der Waals surface area contributed by atoms with E-state index in [4.69, 9.17) is 14.2 Å². The maximum Gasteiger partial charge on any atom is 0.336 e. The first-order chi connectivity index (χ1) is 22.8. The third-order valence-electron chi connectivity index (χ3n) is 10.1. The molecule has 0 bridgehead atoms. The number of rotatable bonds is 28. The van der Waals surface area contributed by atoms with Crippen LogP contribution in [-0.2, 0) is 23.8 Å². The monoisotopic (exact) mass is 683 g/mol. The molecule has 280 valence electrons. The smallest absolute Gasteiger partial charge is 0.336 e. The molecule has 1 unspecified atom stereocenters. The summed E-state index contributed by atoms with van der Waals surface area (Å²) in [6.07, 6.45) is 22.9. The Kier molecular flexibility index (Phi) is 20.5. The van der Waals surface area contributed by atoms with E-state index in [0.29, 0.717) is 31.3 Å².